The number of nitrogens with zero attached hydrogens (tertiary/aromatic N) is 1. The van der Waals surface area contributed by atoms with Crippen molar-refractivity contribution in [3.8, 4) is 11.3 Å². The van der Waals surface area contributed by atoms with Gasteiger partial charge in [-0.2, -0.15) is 0 Å². The van der Waals surface area contributed by atoms with Gasteiger partial charge in [-0.3, -0.25) is 0 Å². The third kappa shape index (κ3) is 3.10. The quantitative estimate of drug-likeness (QED) is 0.886. The number of aryl methyl sites for hydroxylation is 1. The van der Waals surface area contributed by atoms with Gasteiger partial charge in [0.05, 0.1) is 17.2 Å². The number of rotatable bonds is 5. The van der Waals surface area contributed by atoms with E-state index in [-0.39, 0.29) is 6.61 Å². The average Bonchev–Trinajstić information content (AvgIpc) is 2.78. The first-order valence-corrected chi connectivity index (χ1v) is 7.29. The SMILES string of the molecule is CCCCc1ccc(-c2nc(Cl)sc2CO)cc1. The molecule has 0 aliphatic heterocycles. The van der Waals surface area contributed by atoms with Gasteiger partial charge in [0, 0.05) is 5.56 Å². The van der Waals surface area contributed by atoms with E-state index >= 15 is 0 Å². The van der Waals surface area contributed by atoms with Gasteiger partial charge in [-0.05, 0) is 18.4 Å². The molecule has 0 aliphatic rings. The summed E-state index contributed by atoms with van der Waals surface area (Å²) in [6.07, 6.45) is 3.53. The van der Waals surface area contributed by atoms with Crippen molar-refractivity contribution in [3.05, 3.63) is 39.2 Å². The molecule has 0 saturated carbocycles. The second kappa shape index (κ2) is 6.32. The molecule has 0 saturated heterocycles. The monoisotopic (exact) mass is 281 g/mol. The van der Waals surface area contributed by atoms with Crippen molar-refractivity contribution in [1.82, 2.24) is 4.98 Å². The zero-order chi connectivity index (χ0) is 13.0. The highest BCUT2D eigenvalue weighted by Crippen LogP contribution is 2.31. The maximum absolute atomic E-state index is 9.28. The fourth-order valence-corrected chi connectivity index (χ4v) is 2.89. The van der Waals surface area contributed by atoms with Crippen LogP contribution in [0.15, 0.2) is 24.3 Å². The van der Waals surface area contributed by atoms with Gasteiger partial charge in [0.2, 0.25) is 0 Å². The van der Waals surface area contributed by atoms with Crippen LogP contribution in [0.1, 0.15) is 30.2 Å². The number of unbranched alkanes of at least 4 members (excludes halogenated alkanes) is 1. The van der Waals surface area contributed by atoms with Gasteiger partial charge >= 0.3 is 0 Å². The van der Waals surface area contributed by atoms with Crippen molar-refractivity contribution in [2.45, 2.75) is 32.8 Å². The molecule has 1 aromatic carbocycles. The molecule has 1 heterocycles. The van der Waals surface area contributed by atoms with Gasteiger partial charge in [-0.25, -0.2) is 4.98 Å². The Hall–Kier alpha value is -0.900. The van der Waals surface area contributed by atoms with Crippen molar-refractivity contribution in [1.29, 1.82) is 0 Å². The van der Waals surface area contributed by atoms with E-state index in [4.69, 9.17) is 11.6 Å². The molecule has 96 valence electrons. The molecule has 0 radical (unpaired) electrons. The molecule has 18 heavy (non-hydrogen) atoms. The van der Waals surface area contributed by atoms with E-state index in [0.29, 0.717) is 4.47 Å². The lowest BCUT2D eigenvalue weighted by atomic mass is 10.0. The Morgan fingerprint density at radius 3 is 2.61 bits per heavy atom. The minimum absolute atomic E-state index is 0.0166. The maximum Gasteiger partial charge on any atom is 0.184 e. The van der Waals surface area contributed by atoms with Crippen LogP contribution in [-0.2, 0) is 13.0 Å². The van der Waals surface area contributed by atoms with Gasteiger partial charge in [0.15, 0.2) is 4.47 Å². The molecule has 2 rings (SSSR count). The predicted octanol–water partition coefficient (Wildman–Crippen LogP) is 4.30. The van der Waals surface area contributed by atoms with E-state index in [2.05, 4.69) is 36.2 Å². The van der Waals surface area contributed by atoms with Crippen molar-refractivity contribution in [3.63, 3.8) is 0 Å². The summed E-state index contributed by atoms with van der Waals surface area (Å²) < 4.78 is 0.476. The number of aromatic nitrogens is 1. The van der Waals surface area contributed by atoms with Crippen LogP contribution >= 0.6 is 22.9 Å². The Kier molecular flexibility index (Phi) is 4.75. The topological polar surface area (TPSA) is 33.1 Å². The molecule has 0 amide bonds. The molecule has 0 spiro atoms. The van der Waals surface area contributed by atoms with Crippen LogP contribution in [0.25, 0.3) is 11.3 Å². The molecule has 0 fully saturated rings. The molecule has 4 heteroatoms. The Balaban J connectivity index is 2.22. The van der Waals surface area contributed by atoms with E-state index in [1.165, 1.54) is 29.7 Å². The van der Waals surface area contributed by atoms with Gasteiger partial charge in [0.25, 0.3) is 0 Å². The first-order chi connectivity index (χ1) is 8.74. The summed E-state index contributed by atoms with van der Waals surface area (Å²) in [6.45, 7) is 2.18. The molecule has 0 bridgehead atoms. The number of hydrogen-bond acceptors (Lipinski definition) is 3. The zero-order valence-electron chi connectivity index (χ0n) is 10.3. The van der Waals surface area contributed by atoms with E-state index in [1.807, 2.05) is 0 Å². The fourth-order valence-electron chi connectivity index (χ4n) is 1.87. The second-order valence-corrected chi connectivity index (χ2v) is 5.86. The highest BCUT2D eigenvalue weighted by atomic mass is 35.5. The Morgan fingerprint density at radius 2 is 2.00 bits per heavy atom. The molecule has 1 aromatic heterocycles. The number of aliphatic hydroxyl groups is 1. The molecule has 0 atom stereocenters. The summed E-state index contributed by atoms with van der Waals surface area (Å²) in [6, 6.07) is 8.35. The fraction of sp³-hybridized carbons (Fsp3) is 0.357. The average molecular weight is 282 g/mol. The first-order valence-electron chi connectivity index (χ1n) is 6.10. The van der Waals surface area contributed by atoms with E-state index in [1.54, 1.807) is 0 Å². The third-order valence-corrected chi connectivity index (χ3v) is 4.01. The Labute approximate surface area is 116 Å². The van der Waals surface area contributed by atoms with Crippen LogP contribution in [0.4, 0.5) is 0 Å². The van der Waals surface area contributed by atoms with E-state index < -0.39 is 0 Å². The molecule has 1 N–H and O–H groups in total. The minimum Gasteiger partial charge on any atom is -0.391 e. The van der Waals surface area contributed by atoms with Crippen molar-refractivity contribution in [2.75, 3.05) is 0 Å². The first kappa shape index (κ1) is 13.5. The normalized spacial score (nSPS) is 10.8. The van der Waals surface area contributed by atoms with Crippen molar-refractivity contribution in [2.24, 2.45) is 0 Å². The van der Waals surface area contributed by atoms with Crippen molar-refractivity contribution >= 4 is 22.9 Å². The molecule has 0 aliphatic carbocycles. The second-order valence-electron chi connectivity index (χ2n) is 4.20. The molecule has 2 aromatic rings. The largest absolute Gasteiger partial charge is 0.391 e. The van der Waals surface area contributed by atoms with Crippen LogP contribution < -0.4 is 0 Å². The van der Waals surface area contributed by atoms with Crippen LogP contribution in [0.5, 0.6) is 0 Å². The van der Waals surface area contributed by atoms with Crippen LogP contribution in [0.3, 0.4) is 0 Å². The van der Waals surface area contributed by atoms with Crippen molar-refractivity contribution < 1.29 is 5.11 Å². The predicted molar refractivity (Wildman–Crippen MR) is 77.1 cm³/mol. The zero-order valence-corrected chi connectivity index (χ0v) is 11.9. The van der Waals surface area contributed by atoms with Gasteiger partial charge in [0.1, 0.15) is 0 Å². The van der Waals surface area contributed by atoms with E-state index in [9.17, 15) is 5.11 Å². The lowest BCUT2D eigenvalue weighted by Gasteiger charge is -2.03. The van der Waals surface area contributed by atoms with E-state index in [0.717, 1.165) is 22.6 Å². The summed E-state index contributed by atoms with van der Waals surface area (Å²) in [7, 11) is 0. The number of benzene rings is 1. The number of aliphatic hydroxyl groups excluding tert-OH is 1. The lowest BCUT2D eigenvalue weighted by molar-refractivity contribution is 0.286. The van der Waals surface area contributed by atoms with Gasteiger partial charge < -0.3 is 5.11 Å². The highest BCUT2D eigenvalue weighted by Gasteiger charge is 2.11. The standard InChI is InChI=1S/C14H16ClNOS/c1-2-3-4-10-5-7-11(8-6-10)13-12(9-17)18-14(15)16-13/h5-8,17H,2-4,9H2,1H3. The number of thiazole rings is 1. The highest BCUT2D eigenvalue weighted by molar-refractivity contribution is 7.16. The van der Waals surface area contributed by atoms with Gasteiger partial charge in [-0.1, -0.05) is 49.2 Å². The van der Waals surface area contributed by atoms with Crippen LogP contribution in [-0.4, -0.2) is 10.1 Å². The van der Waals surface area contributed by atoms with Gasteiger partial charge in [-0.15, -0.1) is 11.3 Å². The Bertz CT molecular complexity index is 507. The third-order valence-electron chi connectivity index (χ3n) is 2.86. The van der Waals surface area contributed by atoms with Crippen LogP contribution in [0.2, 0.25) is 4.47 Å². The molecular weight excluding hydrogens is 266 g/mol. The number of halogens is 1. The summed E-state index contributed by atoms with van der Waals surface area (Å²) in [4.78, 5) is 5.09. The molecular formula is C14H16ClNOS. The summed E-state index contributed by atoms with van der Waals surface area (Å²) in [5, 5.41) is 9.28. The smallest absolute Gasteiger partial charge is 0.184 e. The summed E-state index contributed by atoms with van der Waals surface area (Å²) in [5.74, 6) is 0. The summed E-state index contributed by atoms with van der Waals surface area (Å²) in [5.41, 5.74) is 3.16. The lowest BCUT2D eigenvalue weighted by Crippen LogP contribution is -1.88. The Morgan fingerprint density at radius 1 is 1.28 bits per heavy atom. The molecule has 2 nitrogen and oxygen atoms in total. The number of hydrogen-bond donors (Lipinski definition) is 1. The minimum atomic E-state index is -0.0166. The summed E-state index contributed by atoms with van der Waals surface area (Å²) >= 11 is 7.22. The van der Waals surface area contributed by atoms with Crippen LogP contribution in [0, 0.1) is 0 Å². The molecule has 0 unspecified atom stereocenters. The maximum atomic E-state index is 9.28.